The van der Waals surface area contributed by atoms with E-state index in [0.29, 0.717) is 36.9 Å². The van der Waals surface area contributed by atoms with Crippen LogP contribution in [0.15, 0.2) is 60.0 Å². The normalized spacial score (nSPS) is 12.3. The Morgan fingerprint density at radius 1 is 1.06 bits per heavy atom. The summed E-state index contributed by atoms with van der Waals surface area (Å²) in [6, 6.07) is 12.9. The summed E-state index contributed by atoms with van der Waals surface area (Å²) in [5, 5.41) is 5.79. The van der Waals surface area contributed by atoms with E-state index >= 15 is 0 Å². The molecule has 0 saturated carbocycles. The van der Waals surface area contributed by atoms with Crippen molar-refractivity contribution in [1.82, 2.24) is 4.90 Å². The van der Waals surface area contributed by atoms with Crippen LogP contribution in [0.4, 0.5) is 11.4 Å². The number of ether oxygens (including phenoxy) is 2. The molecule has 7 nitrogen and oxygen atoms in total. The van der Waals surface area contributed by atoms with Gasteiger partial charge in [-0.05, 0) is 30.8 Å². The van der Waals surface area contributed by atoms with Gasteiger partial charge in [0, 0.05) is 22.4 Å². The Balaban J connectivity index is 1.53. The molecule has 1 heterocycles. The Morgan fingerprint density at radius 2 is 1.77 bits per heavy atom. The molecule has 8 heteroatoms. The van der Waals surface area contributed by atoms with E-state index in [9.17, 15) is 9.59 Å². The number of thioether (sulfide) groups is 1. The number of hydrogen-bond acceptors (Lipinski definition) is 6. The highest BCUT2D eigenvalue weighted by atomic mass is 32.2. The van der Waals surface area contributed by atoms with E-state index in [1.54, 1.807) is 34.9 Å². The van der Waals surface area contributed by atoms with E-state index in [4.69, 9.17) is 9.47 Å². The van der Waals surface area contributed by atoms with Crippen LogP contribution < -0.4 is 20.1 Å². The monoisotopic (exact) mass is 441 g/mol. The second kappa shape index (κ2) is 11.4. The van der Waals surface area contributed by atoms with Crippen LogP contribution in [0.5, 0.6) is 11.5 Å². The van der Waals surface area contributed by atoms with Gasteiger partial charge in [0.2, 0.25) is 11.8 Å². The lowest BCUT2D eigenvalue weighted by Gasteiger charge is -2.21. The van der Waals surface area contributed by atoms with Gasteiger partial charge in [-0.1, -0.05) is 25.1 Å². The van der Waals surface area contributed by atoms with Crippen molar-refractivity contribution in [3.8, 4) is 11.5 Å². The van der Waals surface area contributed by atoms with E-state index in [-0.39, 0.29) is 24.9 Å². The summed E-state index contributed by atoms with van der Waals surface area (Å²) in [4.78, 5) is 27.8. The smallest absolute Gasteiger partial charge is 0.238 e. The van der Waals surface area contributed by atoms with Gasteiger partial charge in [0.25, 0.3) is 0 Å². The molecule has 2 N–H and O–H groups in total. The fourth-order valence-corrected chi connectivity index (χ4v) is 3.79. The number of benzene rings is 2. The number of fused-ring (bicyclic) bond motifs is 1. The van der Waals surface area contributed by atoms with Crippen LogP contribution in [0.1, 0.15) is 6.92 Å². The molecule has 31 heavy (non-hydrogen) atoms. The highest BCUT2D eigenvalue weighted by molar-refractivity contribution is 7.99. The molecule has 164 valence electrons. The van der Waals surface area contributed by atoms with Crippen molar-refractivity contribution in [3.05, 3.63) is 55.1 Å². The van der Waals surface area contributed by atoms with E-state index in [2.05, 4.69) is 17.2 Å². The average molecular weight is 442 g/mol. The Kier molecular flexibility index (Phi) is 8.37. The van der Waals surface area contributed by atoms with Gasteiger partial charge in [0.15, 0.2) is 11.5 Å². The number of para-hydroxylation sites is 1. The van der Waals surface area contributed by atoms with Gasteiger partial charge < -0.3 is 20.1 Å². The highest BCUT2D eigenvalue weighted by Gasteiger charge is 2.16. The first-order chi connectivity index (χ1) is 15.1. The summed E-state index contributed by atoms with van der Waals surface area (Å²) < 4.78 is 11.0. The Morgan fingerprint density at radius 3 is 2.52 bits per heavy atom. The SMILES string of the molecule is C=CCSc1ccccc1NC(=O)CN(CC)CC(=O)Nc1ccc2c(c1)OCCO2. The van der Waals surface area contributed by atoms with Crippen LogP contribution in [-0.2, 0) is 9.59 Å². The number of carbonyl (C=O) groups excluding carboxylic acids is 2. The molecule has 1 aliphatic heterocycles. The molecule has 0 radical (unpaired) electrons. The predicted molar refractivity (Wildman–Crippen MR) is 124 cm³/mol. The van der Waals surface area contributed by atoms with Crippen LogP contribution in [0.3, 0.4) is 0 Å². The predicted octanol–water partition coefficient (Wildman–Crippen LogP) is 3.64. The number of amides is 2. The highest BCUT2D eigenvalue weighted by Crippen LogP contribution is 2.32. The van der Waals surface area contributed by atoms with Crippen molar-refractivity contribution in [2.24, 2.45) is 0 Å². The summed E-state index contributed by atoms with van der Waals surface area (Å²) in [5.74, 6) is 1.67. The van der Waals surface area contributed by atoms with Crippen LogP contribution >= 0.6 is 11.8 Å². The first-order valence-electron chi connectivity index (χ1n) is 10.1. The summed E-state index contributed by atoms with van der Waals surface area (Å²) in [5.41, 5.74) is 1.39. The average Bonchev–Trinajstić information content (AvgIpc) is 2.78. The van der Waals surface area contributed by atoms with Gasteiger partial charge in [0.1, 0.15) is 13.2 Å². The number of hydrogen-bond donors (Lipinski definition) is 2. The molecular formula is C23H27N3O4S. The minimum Gasteiger partial charge on any atom is -0.486 e. The summed E-state index contributed by atoms with van der Waals surface area (Å²) in [6.45, 7) is 7.43. The number of rotatable bonds is 10. The van der Waals surface area contributed by atoms with Gasteiger partial charge >= 0.3 is 0 Å². The van der Waals surface area contributed by atoms with Gasteiger partial charge in [0.05, 0.1) is 18.8 Å². The first kappa shape index (κ1) is 22.7. The Bertz CT molecular complexity index is 935. The van der Waals surface area contributed by atoms with Gasteiger partial charge in [-0.3, -0.25) is 14.5 Å². The molecule has 2 aromatic rings. The summed E-state index contributed by atoms with van der Waals surface area (Å²) >= 11 is 1.61. The molecule has 0 saturated heterocycles. The molecule has 0 atom stereocenters. The molecule has 0 aliphatic carbocycles. The number of carbonyl (C=O) groups is 2. The van der Waals surface area contributed by atoms with Crippen LogP contribution in [0.25, 0.3) is 0 Å². The molecule has 2 amide bonds. The van der Waals surface area contributed by atoms with Crippen molar-refractivity contribution < 1.29 is 19.1 Å². The zero-order valence-electron chi connectivity index (χ0n) is 17.6. The molecule has 2 aromatic carbocycles. The van der Waals surface area contributed by atoms with Crippen molar-refractivity contribution in [1.29, 1.82) is 0 Å². The van der Waals surface area contributed by atoms with Crippen molar-refractivity contribution in [2.45, 2.75) is 11.8 Å². The minimum atomic E-state index is -0.201. The van der Waals surface area contributed by atoms with Gasteiger partial charge in [-0.15, -0.1) is 18.3 Å². The largest absolute Gasteiger partial charge is 0.486 e. The Labute approximate surface area is 186 Å². The van der Waals surface area contributed by atoms with E-state index < -0.39 is 0 Å². The maximum absolute atomic E-state index is 12.6. The number of likely N-dealkylation sites (N-methyl/N-ethyl adjacent to an activating group) is 1. The third kappa shape index (κ3) is 6.77. The van der Waals surface area contributed by atoms with E-state index in [0.717, 1.165) is 16.3 Å². The van der Waals surface area contributed by atoms with Crippen molar-refractivity contribution in [3.63, 3.8) is 0 Å². The summed E-state index contributed by atoms with van der Waals surface area (Å²) in [7, 11) is 0. The zero-order chi connectivity index (χ0) is 22.1. The topological polar surface area (TPSA) is 79.9 Å². The zero-order valence-corrected chi connectivity index (χ0v) is 18.4. The van der Waals surface area contributed by atoms with E-state index in [1.807, 2.05) is 37.3 Å². The Hall–Kier alpha value is -2.97. The fraction of sp³-hybridized carbons (Fsp3) is 0.304. The maximum Gasteiger partial charge on any atom is 0.238 e. The van der Waals surface area contributed by atoms with Crippen LogP contribution in [0, 0.1) is 0 Å². The standard InChI is InChI=1S/C23H27N3O4S/c1-3-13-31-21-8-6-5-7-18(21)25-23(28)16-26(4-2)15-22(27)24-17-9-10-19-20(14-17)30-12-11-29-19/h3,5-10,14H,1,4,11-13,15-16H2,2H3,(H,24,27)(H,25,28). The molecule has 0 fully saturated rings. The quantitative estimate of drug-likeness (QED) is 0.433. The molecular weight excluding hydrogens is 414 g/mol. The molecule has 0 spiro atoms. The molecule has 0 unspecified atom stereocenters. The molecule has 1 aliphatic rings. The van der Waals surface area contributed by atoms with Gasteiger partial charge in [-0.2, -0.15) is 0 Å². The van der Waals surface area contributed by atoms with E-state index in [1.165, 1.54) is 0 Å². The van der Waals surface area contributed by atoms with Gasteiger partial charge in [-0.25, -0.2) is 0 Å². The first-order valence-corrected chi connectivity index (χ1v) is 11.1. The van der Waals surface area contributed by atoms with Crippen LogP contribution in [-0.4, -0.2) is 55.3 Å². The number of nitrogens with zero attached hydrogens (tertiary/aromatic N) is 1. The number of anilines is 2. The lowest BCUT2D eigenvalue weighted by atomic mass is 10.2. The molecule has 0 aromatic heterocycles. The third-order valence-corrected chi connectivity index (χ3v) is 5.59. The lowest BCUT2D eigenvalue weighted by Crippen LogP contribution is -2.38. The minimum absolute atomic E-state index is 0.102. The van der Waals surface area contributed by atoms with Crippen molar-refractivity contribution in [2.75, 3.05) is 49.2 Å². The number of nitrogens with one attached hydrogen (secondary N) is 2. The lowest BCUT2D eigenvalue weighted by molar-refractivity contribution is -0.119. The fourth-order valence-electron chi connectivity index (χ4n) is 3.04. The second-order valence-corrected chi connectivity index (χ2v) is 7.92. The molecule has 0 bridgehead atoms. The summed E-state index contributed by atoms with van der Waals surface area (Å²) in [6.07, 6.45) is 1.82. The molecule has 3 rings (SSSR count). The maximum atomic E-state index is 12.6. The van der Waals surface area contributed by atoms with Crippen LogP contribution in [0.2, 0.25) is 0 Å². The second-order valence-electron chi connectivity index (χ2n) is 6.85. The van der Waals surface area contributed by atoms with Crippen molar-refractivity contribution >= 4 is 35.0 Å². The third-order valence-electron chi connectivity index (χ3n) is 4.53.